The molecule has 220 valence electrons. The zero-order chi connectivity index (χ0) is 30.9. The Morgan fingerprint density at radius 2 is 1.16 bits per heavy atom. The Hall–Kier alpha value is -5.60. The first-order valence-electron chi connectivity index (χ1n) is 13.3. The minimum absolute atomic E-state index is 0.141. The number of aryl methyl sites for hydroxylation is 2. The van der Waals surface area contributed by atoms with E-state index in [1.165, 1.54) is 7.11 Å². The fourth-order valence-corrected chi connectivity index (χ4v) is 3.47. The van der Waals surface area contributed by atoms with Crippen LogP contribution in [0.5, 0.6) is 23.0 Å². The van der Waals surface area contributed by atoms with Gasteiger partial charge in [0.1, 0.15) is 36.2 Å². The summed E-state index contributed by atoms with van der Waals surface area (Å²) in [6, 6.07) is 18.2. The van der Waals surface area contributed by atoms with Crippen molar-refractivity contribution in [1.29, 1.82) is 0 Å². The molecular formula is C35H32O8. The second-order valence-electron chi connectivity index (χ2n) is 8.94. The number of carbonyl (C=O) groups excluding carboxylic acids is 1. The predicted molar refractivity (Wildman–Crippen MR) is 162 cm³/mol. The average molecular weight is 581 g/mol. The highest BCUT2D eigenvalue weighted by Crippen LogP contribution is 2.24. The van der Waals surface area contributed by atoms with Gasteiger partial charge in [0.25, 0.3) is 0 Å². The lowest BCUT2D eigenvalue weighted by Gasteiger charge is -2.10. The SMILES string of the molecule is COC(=O)COc1ccc(OC/C=C/C#Cc2ccc(C#C/C=C/COc3ccc(OCC(=O)O)c(C)c3)cc2)cc1C. The molecule has 3 rings (SSSR count). The molecule has 1 N–H and O–H groups in total. The van der Waals surface area contributed by atoms with Crippen LogP contribution in [0.4, 0.5) is 0 Å². The molecule has 0 spiro atoms. The van der Waals surface area contributed by atoms with Gasteiger partial charge in [-0.3, -0.25) is 0 Å². The number of hydrogen-bond donors (Lipinski definition) is 1. The Bertz CT molecular complexity index is 1580. The molecule has 0 saturated heterocycles. The summed E-state index contributed by atoms with van der Waals surface area (Å²) in [5, 5.41) is 8.72. The third kappa shape index (κ3) is 11.8. The number of benzene rings is 3. The van der Waals surface area contributed by atoms with Crippen molar-refractivity contribution in [1.82, 2.24) is 0 Å². The van der Waals surface area contributed by atoms with Crippen molar-refractivity contribution in [2.45, 2.75) is 13.8 Å². The van der Waals surface area contributed by atoms with Crippen molar-refractivity contribution in [2.75, 3.05) is 33.5 Å². The van der Waals surface area contributed by atoms with Gasteiger partial charge in [-0.25, -0.2) is 9.59 Å². The van der Waals surface area contributed by atoms with Crippen LogP contribution in [0.2, 0.25) is 0 Å². The fourth-order valence-electron chi connectivity index (χ4n) is 3.47. The van der Waals surface area contributed by atoms with Gasteiger partial charge in [-0.05, 0) is 110 Å². The number of allylic oxidation sites excluding steroid dienone is 2. The molecule has 3 aromatic carbocycles. The Kier molecular flexibility index (Phi) is 12.8. The van der Waals surface area contributed by atoms with Crippen LogP contribution in [-0.2, 0) is 14.3 Å². The summed E-state index contributed by atoms with van der Waals surface area (Å²) in [6.07, 6.45) is 7.11. The summed E-state index contributed by atoms with van der Waals surface area (Å²) in [6.45, 7) is 3.88. The van der Waals surface area contributed by atoms with Crippen molar-refractivity contribution >= 4 is 11.9 Å². The van der Waals surface area contributed by atoms with Gasteiger partial charge in [0.05, 0.1) is 7.11 Å². The van der Waals surface area contributed by atoms with Crippen molar-refractivity contribution in [3.63, 3.8) is 0 Å². The standard InChI is InChI=1S/C35H32O8/c1-26-22-30(16-18-32(26)42-24-34(36)37)40-20-8-4-6-10-28-12-14-29(15-13-28)11-7-5-9-21-41-31-17-19-33(27(2)23-31)43-25-35(38)39-3/h4-5,8-9,12-19,22-23H,20-21,24-25H2,1-3H3,(H,36,37)/b8-4+,9-5+. The van der Waals surface area contributed by atoms with E-state index in [1.807, 2.05) is 56.3 Å². The molecule has 8 heteroatoms. The smallest absolute Gasteiger partial charge is 0.343 e. The average Bonchev–Trinajstić information content (AvgIpc) is 3.00. The van der Waals surface area contributed by atoms with E-state index in [9.17, 15) is 9.59 Å². The fraction of sp³-hybridized carbons (Fsp3) is 0.200. The first-order chi connectivity index (χ1) is 20.8. The lowest BCUT2D eigenvalue weighted by atomic mass is 10.1. The molecule has 0 aliphatic heterocycles. The lowest BCUT2D eigenvalue weighted by Crippen LogP contribution is -2.13. The van der Waals surface area contributed by atoms with Crippen LogP contribution >= 0.6 is 0 Å². The maximum atomic E-state index is 11.2. The molecule has 0 fully saturated rings. The third-order valence-corrected chi connectivity index (χ3v) is 5.63. The molecule has 0 atom stereocenters. The molecule has 0 aliphatic rings. The van der Waals surface area contributed by atoms with E-state index in [0.717, 1.165) is 22.3 Å². The van der Waals surface area contributed by atoms with Gasteiger partial charge in [0.15, 0.2) is 13.2 Å². The molecule has 0 aromatic heterocycles. The number of carbonyl (C=O) groups is 2. The first kappa shape index (κ1) is 31.9. The van der Waals surface area contributed by atoms with E-state index < -0.39 is 11.9 Å². The van der Waals surface area contributed by atoms with Crippen LogP contribution in [0.15, 0.2) is 85.0 Å². The van der Waals surface area contributed by atoms with E-state index >= 15 is 0 Å². The normalized spacial score (nSPS) is 10.3. The first-order valence-corrected chi connectivity index (χ1v) is 13.3. The number of ether oxygens (including phenoxy) is 5. The lowest BCUT2D eigenvalue weighted by molar-refractivity contribution is -0.143. The van der Waals surface area contributed by atoms with Crippen LogP contribution in [-0.4, -0.2) is 50.6 Å². The van der Waals surface area contributed by atoms with Crippen molar-refractivity contribution in [3.05, 3.63) is 107 Å². The summed E-state index contributed by atoms with van der Waals surface area (Å²) in [4.78, 5) is 21.9. The summed E-state index contributed by atoms with van der Waals surface area (Å²) in [5.74, 6) is 13.1. The van der Waals surface area contributed by atoms with E-state index in [4.69, 9.17) is 24.1 Å². The second kappa shape index (κ2) is 17.3. The van der Waals surface area contributed by atoms with Crippen LogP contribution in [0.3, 0.4) is 0 Å². The van der Waals surface area contributed by atoms with E-state index in [1.54, 1.807) is 42.5 Å². The summed E-state index contributed by atoms with van der Waals surface area (Å²) >= 11 is 0. The van der Waals surface area contributed by atoms with Gasteiger partial charge in [-0.2, -0.15) is 0 Å². The number of methoxy groups -OCH3 is 1. The largest absolute Gasteiger partial charge is 0.489 e. The van der Waals surface area contributed by atoms with Gasteiger partial charge < -0.3 is 28.8 Å². The summed E-state index contributed by atoms with van der Waals surface area (Å²) < 4.78 is 26.6. The second-order valence-corrected chi connectivity index (χ2v) is 8.94. The quantitative estimate of drug-likeness (QED) is 0.228. The number of carboxylic acid groups (broad SMARTS) is 1. The highest BCUT2D eigenvalue weighted by Gasteiger charge is 2.06. The Balaban J connectivity index is 1.38. The van der Waals surface area contributed by atoms with Gasteiger partial charge in [0, 0.05) is 11.1 Å². The molecule has 0 bridgehead atoms. The van der Waals surface area contributed by atoms with Crippen LogP contribution in [0.1, 0.15) is 22.3 Å². The van der Waals surface area contributed by atoms with Crippen molar-refractivity contribution < 1.29 is 38.4 Å². The highest BCUT2D eigenvalue weighted by molar-refractivity contribution is 5.71. The van der Waals surface area contributed by atoms with Crippen molar-refractivity contribution in [2.24, 2.45) is 0 Å². The minimum Gasteiger partial charge on any atom is -0.489 e. The topological polar surface area (TPSA) is 101 Å². The van der Waals surface area contributed by atoms with E-state index in [-0.39, 0.29) is 13.2 Å². The van der Waals surface area contributed by atoms with Crippen molar-refractivity contribution in [3.8, 4) is 46.7 Å². The molecule has 0 saturated carbocycles. The highest BCUT2D eigenvalue weighted by atomic mass is 16.6. The summed E-state index contributed by atoms with van der Waals surface area (Å²) in [7, 11) is 1.32. The minimum atomic E-state index is -1.02. The van der Waals surface area contributed by atoms with E-state index in [2.05, 4.69) is 28.4 Å². The number of aliphatic carboxylic acids is 1. The summed E-state index contributed by atoms with van der Waals surface area (Å²) in [5.41, 5.74) is 3.38. The van der Waals surface area contributed by atoms with Gasteiger partial charge >= 0.3 is 11.9 Å². The monoisotopic (exact) mass is 580 g/mol. The maximum absolute atomic E-state index is 11.2. The number of hydrogen-bond acceptors (Lipinski definition) is 7. The molecule has 8 nitrogen and oxygen atoms in total. The number of carboxylic acids is 1. The molecule has 43 heavy (non-hydrogen) atoms. The zero-order valence-corrected chi connectivity index (χ0v) is 24.2. The molecule has 0 radical (unpaired) electrons. The number of rotatable bonds is 12. The molecule has 3 aromatic rings. The molecule has 0 heterocycles. The molecule has 0 aliphatic carbocycles. The van der Waals surface area contributed by atoms with Gasteiger partial charge in [0.2, 0.25) is 0 Å². The molecular weight excluding hydrogens is 548 g/mol. The molecule has 0 amide bonds. The third-order valence-electron chi connectivity index (χ3n) is 5.63. The Morgan fingerprint density at radius 1 is 0.698 bits per heavy atom. The number of esters is 1. The van der Waals surface area contributed by atoms with Crippen LogP contribution < -0.4 is 18.9 Å². The Morgan fingerprint density at radius 3 is 1.58 bits per heavy atom. The maximum Gasteiger partial charge on any atom is 0.343 e. The predicted octanol–water partition coefficient (Wildman–Crippen LogP) is 5.29. The zero-order valence-electron chi connectivity index (χ0n) is 24.2. The van der Waals surface area contributed by atoms with Crippen LogP contribution in [0.25, 0.3) is 0 Å². The van der Waals surface area contributed by atoms with E-state index in [0.29, 0.717) is 36.2 Å². The molecule has 0 unspecified atom stereocenters. The van der Waals surface area contributed by atoms with Gasteiger partial charge in [-0.15, -0.1) is 0 Å². The Labute approximate surface area is 251 Å². The van der Waals surface area contributed by atoms with Gasteiger partial charge in [-0.1, -0.05) is 23.7 Å². The van der Waals surface area contributed by atoms with Crippen LogP contribution in [0, 0.1) is 37.5 Å².